The molecule has 0 spiro atoms. The Bertz CT molecular complexity index is 182. The fourth-order valence-electron chi connectivity index (χ4n) is 2.13. The van der Waals surface area contributed by atoms with Crippen molar-refractivity contribution in [2.75, 3.05) is 6.54 Å². The van der Waals surface area contributed by atoms with E-state index in [1.807, 2.05) is 0 Å². The third-order valence-corrected chi connectivity index (χ3v) is 2.91. The first kappa shape index (κ1) is 11.5. The van der Waals surface area contributed by atoms with Crippen LogP contribution < -0.4 is 11.1 Å². The molecule has 3 nitrogen and oxygen atoms in total. The van der Waals surface area contributed by atoms with Gasteiger partial charge in [0, 0.05) is 12.5 Å². The minimum absolute atomic E-state index is 0.176. The van der Waals surface area contributed by atoms with E-state index >= 15 is 0 Å². The molecule has 1 saturated carbocycles. The number of nitrogens with one attached hydrogen (secondary N) is 1. The molecule has 1 amide bonds. The Kier molecular flexibility index (Phi) is 4.94. The quantitative estimate of drug-likeness (QED) is 0.718. The van der Waals surface area contributed by atoms with Gasteiger partial charge >= 0.3 is 0 Å². The summed E-state index contributed by atoms with van der Waals surface area (Å²) in [6.45, 7) is 2.87. The highest BCUT2D eigenvalue weighted by molar-refractivity contribution is 5.76. The Balaban J connectivity index is 2.18. The zero-order valence-electron chi connectivity index (χ0n) is 9.09. The molecule has 0 radical (unpaired) electrons. The van der Waals surface area contributed by atoms with Crippen molar-refractivity contribution in [3.8, 4) is 0 Å². The van der Waals surface area contributed by atoms with Crippen molar-refractivity contribution >= 4 is 5.91 Å². The highest BCUT2D eigenvalue weighted by atomic mass is 16.1. The number of amides is 1. The lowest BCUT2D eigenvalue weighted by Crippen LogP contribution is -2.38. The molecule has 1 aliphatic carbocycles. The fraction of sp³-hybridized carbons (Fsp3) is 0.909. The Labute approximate surface area is 86.4 Å². The number of hydrogen-bond acceptors (Lipinski definition) is 2. The molecule has 3 N–H and O–H groups in total. The van der Waals surface area contributed by atoms with Gasteiger partial charge in [-0.25, -0.2) is 0 Å². The molecular weight excluding hydrogens is 176 g/mol. The summed E-state index contributed by atoms with van der Waals surface area (Å²) < 4.78 is 0. The lowest BCUT2D eigenvalue weighted by molar-refractivity contribution is -0.122. The second kappa shape index (κ2) is 6.02. The molecule has 1 aliphatic rings. The van der Waals surface area contributed by atoms with Gasteiger partial charge in [0.2, 0.25) is 5.91 Å². The van der Waals surface area contributed by atoms with Crippen molar-refractivity contribution in [3.63, 3.8) is 0 Å². The first-order valence-electron chi connectivity index (χ1n) is 5.71. The molecule has 2 unspecified atom stereocenters. The number of rotatable bonds is 4. The topological polar surface area (TPSA) is 55.1 Å². The standard InChI is InChI=1S/C11H22N2O/c1-9-4-2-5-10(8-9)13-11(14)6-3-7-12/h9-10H,2-8,12H2,1H3,(H,13,14). The monoisotopic (exact) mass is 198 g/mol. The maximum absolute atomic E-state index is 11.4. The van der Waals surface area contributed by atoms with Gasteiger partial charge in [-0.1, -0.05) is 19.8 Å². The molecule has 0 aromatic rings. The summed E-state index contributed by atoms with van der Waals surface area (Å²) in [5, 5.41) is 3.09. The number of hydrogen-bond donors (Lipinski definition) is 2. The highest BCUT2D eigenvalue weighted by Crippen LogP contribution is 2.23. The van der Waals surface area contributed by atoms with Gasteiger partial charge in [-0.3, -0.25) is 4.79 Å². The largest absolute Gasteiger partial charge is 0.353 e. The second-order valence-corrected chi connectivity index (χ2v) is 4.43. The molecule has 2 atom stereocenters. The van der Waals surface area contributed by atoms with Crippen LogP contribution in [-0.4, -0.2) is 18.5 Å². The van der Waals surface area contributed by atoms with Crippen LogP contribution in [0.2, 0.25) is 0 Å². The van der Waals surface area contributed by atoms with E-state index in [2.05, 4.69) is 12.2 Å². The Morgan fingerprint density at radius 1 is 1.50 bits per heavy atom. The zero-order valence-corrected chi connectivity index (χ0v) is 9.09. The molecule has 0 heterocycles. The molecule has 1 fully saturated rings. The van der Waals surface area contributed by atoms with Gasteiger partial charge in [0.1, 0.15) is 0 Å². The average molecular weight is 198 g/mol. The Morgan fingerprint density at radius 3 is 2.93 bits per heavy atom. The van der Waals surface area contributed by atoms with Crippen LogP contribution in [0.4, 0.5) is 0 Å². The maximum atomic E-state index is 11.4. The van der Waals surface area contributed by atoms with E-state index in [-0.39, 0.29) is 5.91 Å². The predicted octanol–water partition coefficient (Wildman–Crippen LogP) is 1.42. The van der Waals surface area contributed by atoms with Crippen LogP contribution in [0.25, 0.3) is 0 Å². The zero-order chi connectivity index (χ0) is 10.4. The van der Waals surface area contributed by atoms with Gasteiger partial charge in [-0.15, -0.1) is 0 Å². The summed E-state index contributed by atoms with van der Waals surface area (Å²) in [5.41, 5.74) is 5.35. The average Bonchev–Trinajstić information content (AvgIpc) is 2.15. The van der Waals surface area contributed by atoms with Gasteiger partial charge in [-0.05, 0) is 31.7 Å². The van der Waals surface area contributed by atoms with Crippen LogP contribution in [0.5, 0.6) is 0 Å². The van der Waals surface area contributed by atoms with Crippen molar-refractivity contribution in [1.82, 2.24) is 5.32 Å². The van der Waals surface area contributed by atoms with E-state index in [0.717, 1.165) is 25.2 Å². The van der Waals surface area contributed by atoms with E-state index in [4.69, 9.17) is 5.73 Å². The lowest BCUT2D eigenvalue weighted by atomic mass is 9.87. The number of carbonyl (C=O) groups excluding carboxylic acids is 1. The highest BCUT2D eigenvalue weighted by Gasteiger charge is 2.19. The van der Waals surface area contributed by atoms with Gasteiger partial charge in [0.25, 0.3) is 0 Å². The molecule has 0 bridgehead atoms. The molecule has 3 heteroatoms. The SMILES string of the molecule is CC1CCCC(NC(=O)CCCN)C1. The molecule has 82 valence electrons. The lowest BCUT2D eigenvalue weighted by Gasteiger charge is -2.27. The van der Waals surface area contributed by atoms with Crippen LogP contribution in [0.3, 0.4) is 0 Å². The first-order valence-corrected chi connectivity index (χ1v) is 5.71. The van der Waals surface area contributed by atoms with Gasteiger partial charge in [0.15, 0.2) is 0 Å². The van der Waals surface area contributed by atoms with Crippen LogP contribution in [-0.2, 0) is 4.79 Å². The maximum Gasteiger partial charge on any atom is 0.220 e. The van der Waals surface area contributed by atoms with E-state index in [1.165, 1.54) is 12.8 Å². The van der Waals surface area contributed by atoms with E-state index < -0.39 is 0 Å². The van der Waals surface area contributed by atoms with Crippen LogP contribution >= 0.6 is 0 Å². The van der Waals surface area contributed by atoms with Crippen molar-refractivity contribution in [3.05, 3.63) is 0 Å². The summed E-state index contributed by atoms with van der Waals surface area (Å²) in [4.78, 5) is 11.4. The van der Waals surface area contributed by atoms with Crippen molar-refractivity contribution in [2.24, 2.45) is 11.7 Å². The molecule has 0 aromatic heterocycles. The second-order valence-electron chi connectivity index (χ2n) is 4.43. The molecule has 0 saturated heterocycles. The minimum Gasteiger partial charge on any atom is -0.353 e. The van der Waals surface area contributed by atoms with Gasteiger partial charge in [-0.2, -0.15) is 0 Å². The van der Waals surface area contributed by atoms with Gasteiger partial charge < -0.3 is 11.1 Å². The van der Waals surface area contributed by atoms with Crippen LogP contribution in [0.15, 0.2) is 0 Å². The van der Waals surface area contributed by atoms with Crippen LogP contribution in [0.1, 0.15) is 45.4 Å². The van der Waals surface area contributed by atoms with Crippen molar-refractivity contribution in [1.29, 1.82) is 0 Å². The Morgan fingerprint density at radius 2 is 2.29 bits per heavy atom. The summed E-state index contributed by atoms with van der Waals surface area (Å²) in [7, 11) is 0. The van der Waals surface area contributed by atoms with E-state index in [1.54, 1.807) is 0 Å². The number of nitrogens with two attached hydrogens (primary N) is 1. The third-order valence-electron chi connectivity index (χ3n) is 2.91. The fourth-order valence-corrected chi connectivity index (χ4v) is 2.13. The number of carbonyl (C=O) groups is 1. The smallest absolute Gasteiger partial charge is 0.220 e. The first-order chi connectivity index (χ1) is 6.72. The molecular formula is C11H22N2O. The summed E-state index contributed by atoms with van der Waals surface area (Å²) in [6.07, 6.45) is 6.25. The Hall–Kier alpha value is -0.570. The van der Waals surface area contributed by atoms with Gasteiger partial charge in [0.05, 0.1) is 0 Å². The van der Waals surface area contributed by atoms with Crippen molar-refractivity contribution in [2.45, 2.75) is 51.5 Å². The molecule has 14 heavy (non-hydrogen) atoms. The van der Waals surface area contributed by atoms with Crippen LogP contribution in [0, 0.1) is 5.92 Å². The predicted molar refractivity (Wildman–Crippen MR) is 57.9 cm³/mol. The molecule has 0 aliphatic heterocycles. The molecule has 0 aromatic carbocycles. The summed E-state index contributed by atoms with van der Waals surface area (Å²) in [6, 6.07) is 0.420. The summed E-state index contributed by atoms with van der Waals surface area (Å²) in [5.74, 6) is 0.943. The van der Waals surface area contributed by atoms with Crippen molar-refractivity contribution < 1.29 is 4.79 Å². The van der Waals surface area contributed by atoms with E-state index in [9.17, 15) is 4.79 Å². The third kappa shape index (κ3) is 4.09. The van der Waals surface area contributed by atoms with E-state index in [0.29, 0.717) is 19.0 Å². The summed E-state index contributed by atoms with van der Waals surface area (Å²) >= 11 is 0. The minimum atomic E-state index is 0.176. The normalized spacial score (nSPS) is 27.3. The molecule has 1 rings (SSSR count).